The summed E-state index contributed by atoms with van der Waals surface area (Å²) in [7, 11) is 0. The molecule has 8 heteroatoms. The third kappa shape index (κ3) is 3.25. The highest BCUT2D eigenvalue weighted by Gasteiger charge is 2.24. The molecule has 0 fully saturated rings. The normalized spacial score (nSPS) is 11.0. The van der Waals surface area contributed by atoms with Crippen molar-refractivity contribution in [3.05, 3.63) is 82.2 Å². The molecule has 0 radical (unpaired) electrons. The second-order valence-electron chi connectivity index (χ2n) is 6.95. The number of nitrogens with zero attached hydrogens (tertiary/aromatic N) is 4. The lowest BCUT2D eigenvalue weighted by Gasteiger charge is -2.11. The average Bonchev–Trinajstić information content (AvgIpc) is 3.33. The van der Waals surface area contributed by atoms with Crippen LogP contribution in [0.4, 0.5) is 5.82 Å². The molecule has 31 heavy (non-hydrogen) atoms. The molecule has 0 aliphatic heterocycles. The van der Waals surface area contributed by atoms with E-state index in [-0.39, 0.29) is 17.1 Å². The smallest absolute Gasteiger partial charge is 0.292 e. The lowest BCUT2D eigenvalue weighted by atomic mass is 10.2. The highest BCUT2D eigenvalue weighted by atomic mass is 79.9. The predicted molar refractivity (Wildman–Crippen MR) is 120 cm³/mol. The van der Waals surface area contributed by atoms with Crippen molar-refractivity contribution in [1.29, 1.82) is 5.26 Å². The first-order chi connectivity index (χ1) is 15.0. The van der Waals surface area contributed by atoms with Gasteiger partial charge in [0, 0.05) is 5.69 Å². The third-order valence-electron chi connectivity index (χ3n) is 4.89. The summed E-state index contributed by atoms with van der Waals surface area (Å²) >= 11 is 3.20. The van der Waals surface area contributed by atoms with Gasteiger partial charge in [0.1, 0.15) is 23.0 Å². The van der Waals surface area contributed by atoms with Gasteiger partial charge in [0.15, 0.2) is 16.1 Å². The number of hydrogen-bond donors (Lipinski definition) is 1. The molecular weight excluding hydrogens is 458 g/mol. The van der Waals surface area contributed by atoms with E-state index in [1.807, 2.05) is 55.5 Å². The molecule has 0 bridgehead atoms. The van der Waals surface area contributed by atoms with E-state index < -0.39 is 5.91 Å². The van der Waals surface area contributed by atoms with Crippen LogP contribution in [0.15, 0.2) is 69.8 Å². The van der Waals surface area contributed by atoms with Crippen LogP contribution in [0.5, 0.6) is 0 Å². The molecule has 5 aromatic rings. The number of benzene rings is 2. The SMILES string of the molecule is Cc1ccc(-n2c(NC(=O)c3ccc(Br)o3)c(C#N)c3nc4ccccc4nc32)cc1. The number of hydrogen-bond acceptors (Lipinski definition) is 5. The fraction of sp³-hybridized carbons (Fsp3) is 0.0435. The maximum absolute atomic E-state index is 12.9. The summed E-state index contributed by atoms with van der Waals surface area (Å²) in [6, 6.07) is 20.5. The quantitative estimate of drug-likeness (QED) is 0.381. The molecule has 0 saturated carbocycles. The summed E-state index contributed by atoms with van der Waals surface area (Å²) in [5, 5.41) is 12.8. The van der Waals surface area contributed by atoms with Crippen LogP contribution in [0.25, 0.3) is 27.9 Å². The molecule has 7 nitrogen and oxygen atoms in total. The van der Waals surface area contributed by atoms with Gasteiger partial charge in [-0.1, -0.05) is 29.8 Å². The topological polar surface area (TPSA) is 96.7 Å². The van der Waals surface area contributed by atoms with Gasteiger partial charge < -0.3 is 9.73 Å². The number of para-hydroxylation sites is 2. The second-order valence-corrected chi connectivity index (χ2v) is 7.73. The first-order valence-corrected chi connectivity index (χ1v) is 10.2. The molecule has 0 saturated heterocycles. The lowest BCUT2D eigenvalue weighted by Crippen LogP contribution is -2.15. The van der Waals surface area contributed by atoms with Gasteiger partial charge in [0.25, 0.3) is 5.91 Å². The van der Waals surface area contributed by atoms with Crippen LogP contribution >= 0.6 is 15.9 Å². The number of nitriles is 1. The minimum atomic E-state index is -0.483. The van der Waals surface area contributed by atoms with Crippen molar-refractivity contribution in [2.24, 2.45) is 0 Å². The molecule has 150 valence electrons. The maximum Gasteiger partial charge on any atom is 0.292 e. The molecule has 0 spiro atoms. The molecule has 3 aromatic heterocycles. The molecule has 5 rings (SSSR count). The van der Waals surface area contributed by atoms with E-state index in [0.717, 1.165) is 11.3 Å². The van der Waals surface area contributed by atoms with Gasteiger partial charge in [-0.3, -0.25) is 9.36 Å². The van der Waals surface area contributed by atoms with Crippen molar-refractivity contribution in [3.8, 4) is 11.8 Å². The Morgan fingerprint density at radius 2 is 1.77 bits per heavy atom. The molecule has 0 aliphatic rings. The van der Waals surface area contributed by atoms with E-state index in [0.29, 0.717) is 26.9 Å². The first-order valence-electron chi connectivity index (χ1n) is 9.40. The summed E-state index contributed by atoms with van der Waals surface area (Å²) < 4.78 is 7.55. The van der Waals surface area contributed by atoms with Crippen LogP contribution < -0.4 is 5.32 Å². The van der Waals surface area contributed by atoms with Crippen molar-refractivity contribution < 1.29 is 9.21 Å². The van der Waals surface area contributed by atoms with Gasteiger partial charge in [-0.05, 0) is 59.3 Å². The number of amides is 1. The Morgan fingerprint density at radius 1 is 1.06 bits per heavy atom. The largest absolute Gasteiger partial charge is 0.444 e. The average molecular weight is 472 g/mol. The van der Waals surface area contributed by atoms with Crippen molar-refractivity contribution >= 4 is 49.9 Å². The molecule has 2 aromatic carbocycles. The Bertz CT molecular complexity index is 1510. The van der Waals surface area contributed by atoms with Gasteiger partial charge in [0.05, 0.1) is 11.0 Å². The monoisotopic (exact) mass is 471 g/mol. The molecule has 1 N–H and O–H groups in total. The highest BCUT2D eigenvalue weighted by molar-refractivity contribution is 9.10. The van der Waals surface area contributed by atoms with E-state index in [4.69, 9.17) is 9.40 Å². The number of nitrogens with one attached hydrogen (secondary N) is 1. The molecule has 1 amide bonds. The minimum absolute atomic E-state index is 0.113. The van der Waals surface area contributed by atoms with Crippen LogP contribution in [0.3, 0.4) is 0 Å². The van der Waals surface area contributed by atoms with Crippen LogP contribution in [0.2, 0.25) is 0 Å². The number of furan rings is 1. The molecule has 0 unspecified atom stereocenters. The van der Waals surface area contributed by atoms with Gasteiger partial charge >= 0.3 is 0 Å². The Balaban J connectivity index is 1.80. The highest BCUT2D eigenvalue weighted by Crippen LogP contribution is 2.33. The number of rotatable bonds is 3. The van der Waals surface area contributed by atoms with Crippen LogP contribution in [-0.4, -0.2) is 20.4 Å². The van der Waals surface area contributed by atoms with Crippen molar-refractivity contribution in [2.45, 2.75) is 6.92 Å². The summed E-state index contributed by atoms with van der Waals surface area (Å²) in [6.45, 7) is 1.99. The molecule has 3 heterocycles. The number of carbonyl (C=O) groups is 1. The number of carbonyl (C=O) groups excluding carboxylic acids is 1. The third-order valence-corrected chi connectivity index (χ3v) is 5.32. The number of aryl methyl sites for hydroxylation is 1. The van der Waals surface area contributed by atoms with E-state index in [1.165, 1.54) is 0 Å². The Kier molecular flexibility index (Phi) is 4.53. The van der Waals surface area contributed by atoms with Gasteiger partial charge in [0.2, 0.25) is 0 Å². The second kappa shape index (κ2) is 7.38. The first kappa shape index (κ1) is 19.0. The maximum atomic E-state index is 12.9. The fourth-order valence-corrected chi connectivity index (χ4v) is 3.73. The summed E-state index contributed by atoms with van der Waals surface area (Å²) in [5.74, 6) is -0.0836. The van der Waals surface area contributed by atoms with E-state index in [1.54, 1.807) is 16.7 Å². The number of fused-ring (bicyclic) bond motifs is 2. The number of aromatic nitrogens is 3. The summed E-state index contributed by atoms with van der Waals surface area (Å²) in [5.41, 5.74) is 4.32. The molecular formula is C23H14BrN5O2. The van der Waals surface area contributed by atoms with Crippen LogP contribution in [-0.2, 0) is 0 Å². The Hall–Kier alpha value is -3.96. The summed E-state index contributed by atoms with van der Waals surface area (Å²) in [4.78, 5) is 22.3. The zero-order chi connectivity index (χ0) is 21.5. The van der Waals surface area contributed by atoms with Crippen LogP contribution in [0.1, 0.15) is 21.7 Å². The predicted octanol–water partition coefficient (Wildman–Crippen LogP) is 5.36. The van der Waals surface area contributed by atoms with E-state index >= 15 is 0 Å². The Labute approximate surface area is 185 Å². The van der Waals surface area contributed by atoms with Crippen molar-refractivity contribution in [3.63, 3.8) is 0 Å². The number of halogens is 1. The minimum Gasteiger partial charge on any atom is -0.444 e. The lowest BCUT2D eigenvalue weighted by molar-refractivity contribution is 0.0995. The molecule has 0 atom stereocenters. The van der Waals surface area contributed by atoms with Gasteiger partial charge in [-0.15, -0.1) is 0 Å². The van der Waals surface area contributed by atoms with Gasteiger partial charge in [-0.2, -0.15) is 5.26 Å². The molecule has 0 aliphatic carbocycles. The van der Waals surface area contributed by atoms with Crippen LogP contribution in [0, 0.1) is 18.3 Å². The summed E-state index contributed by atoms with van der Waals surface area (Å²) in [6.07, 6.45) is 0. The Morgan fingerprint density at radius 3 is 2.42 bits per heavy atom. The fourth-order valence-electron chi connectivity index (χ4n) is 3.42. The zero-order valence-electron chi connectivity index (χ0n) is 16.3. The van der Waals surface area contributed by atoms with Gasteiger partial charge in [-0.25, -0.2) is 9.97 Å². The standard InChI is InChI=1S/C23H14BrN5O2/c1-13-6-8-14(9-7-13)29-21(28-23(30)18-10-11-19(24)31-18)15(12-25)20-22(29)27-17-5-3-2-4-16(17)26-20/h2-11H,1H3,(H,28,30). The number of anilines is 1. The zero-order valence-corrected chi connectivity index (χ0v) is 17.8. The van der Waals surface area contributed by atoms with E-state index in [9.17, 15) is 10.1 Å². The van der Waals surface area contributed by atoms with E-state index in [2.05, 4.69) is 32.3 Å². The van der Waals surface area contributed by atoms with Crippen molar-refractivity contribution in [2.75, 3.05) is 5.32 Å². The van der Waals surface area contributed by atoms with Crippen molar-refractivity contribution in [1.82, 2.24) is 14.5 Å².